The Hall–Kier alpha value is -7.56. The summed E-state index contributed by atoms with van der Waals surface area (Å²) in [6.45, 7) is 4.66. The van der Waals surface area contributed by atoms with Crippen molar-refractivity contribution in [1.29, 1.82) is 0 Å². The molecule has 13 rings (SSSR count). The van der Waals surface area contributed by atoms with Crippen molar-refractivity contribution in [2.24, 2.45) is 0 Å². The van der Waals surface area contributed by atoms with Gasteiger partial charge in [0.05, 0.1) is 16.8 Å². The number of benzene rings is 8. The Morgan fingerprint density at radius 3 is 1.75 bits per heavy atom. The third-order valence-electron chi connectivity index (χ3n) is 13.4. The molecule has 4 heteroatoms. The maximum atomic E-state index is 6.71. The highest BCUT2D eigenvalue weighted by Gasteiger charge is 2.52. The molecule has 1 aliphatic heterocycles. The van der Waals surface area contributed by atoms with Gasteiger partial charge in [-0.25, -0.2) is 9.97 Å². The fraction of sp³-hybridized carbons (Fsp3) is 0.0714. The van der Waals surface area contributed by atoms with Gasteiger partial charge < -0.3 is 9.15 Å². The molecule has 0 radical (unpaired) electrons. The fourth-order valence-electron chi connectivity index (χ4n) is 10.9. The number of ether oxygens (including phenoxy) is 1. The number of nitrogens with zero attached hydrogens (tertiary/aromatic N) is 2. The molecule has 8 aromatic carbocycles. The first-order valence-corrected chi connectivity index (χ1v) is 20.7. The zero-order valence-electron chi connectivity index (χ0n) is 33.0. The Bertz CT molecular complexity index is 3420. The molecule has 1 spiro atoms. The van der Waals surface area contributed by atoms with Gasteiger partial charge in [-0.1, -0.05) is 166 Å². The summed E-state index contributed by atoms with van der Waals surface area (Å²) in [6, 6.07) is 64.8. The molecule has 0 unspecified atom stereocenters. The van der Waals surface area contributed by atoms with E-state index < -0.39 is 5.41 Å². The lowest BCUT2D eigenvalue weighted by Crippen LogP contribution is -2.32. The van der Waals surface area contributed by atoms with Crippen molar-refractivity contribution in [2.75, 3.05) is 0 Å². The summed E-state index contributed by atoms with van der Waals surface area (Å²) in [5.74, 6) is 2.35. The van der Waals surface area contributed by atoms with Crippen LogP contribution in [0, 0.1) is 0 Å². The van der Waals surface area contributed by atoms with Crippen molar-refractivity contribution in [1.82, 2.24) is 9.97 Å². The first-order chi connectivity index (χ1) is 29.5. The van der Waals surface area contributed by atoms with Crippen LogP contribution < -0.4 is 4.74 Å². The van der Waals surface area contributed by atoms with Gasteiger partial charge in [0.2, 0.25) is 0 Å². The second kappa shape index (κ2) is 12.0. The predicted molar refractivity (Wildman–Crippen MR) is 241 cm³/mol. The SMILES string of the molecule is CC1(C)c2ccccc2-c2c(-c3cc(-c4cccc5c4oc4ccccc45)nc(-c4cccc5c4C4(c6ccccc6Oc6ccccc64)c4ccccc4-5)n3)cccc21. The Kier molecular flexibility index (Phi) is 6.68. The number of fused-ring (bicyclic) bond motifs is 15. The van der Waals surface area contributed by atoms with Gasteiger partial charge in [-0.05, 0) is 74.8 Å². The molecule has 0 atom stereocenters. The van der Waals surface area contributed by atoms with Crippen LogP contribution in [0.3, 0.4) is 0 Å². The largest absolute Gasteiger partial charge is 0.457 e. The second-order valence-corrected chi connectivity index (χ2v) is 16.8. The standard InChI is InChI=1S/C56H36N2O2/c1-55(2)41-24-6-4-18-37(41)51-38(21-15-28-45(51)55)46-32-47(39-22-14-20-36-34-17-5-10-29-48(34)60-53(36)39)58-54(57-46)40-23-13-19-35-33-16-3-7-25-42(33)56(52(35)40)43-26-8-11-30-49(43)59-50-31-12-9-27-44(50)56/h3-32H,1-2H3. The molecule has 0 bridgehead atoms. The maximum absolute atomic E-state index is 6.71. The minimum Gasteiger partial charge on any atom is -0.457 e. The number of furan rings is 1. The van der Waals surface area contributed by atoms with E-state index in [4.69, 9.17) is 19.1 Å². The molecule has 3 aliphatic rings. The van der Waals surface area contributed by atoms with Crippen molar-refractivity contribution >= 4 is 21.9 Å². The molecule has 0 amide bonds. The lowest BCUT2D eigenvalue weighted by molar-refractivity contribution is 0.436. The van der Waals surface area contributed by atoms with E-state index in [0.717, 1.165) is 78.2 Å². The van der Waals surface area contributed by atoms with E-state index in [-0.39, 0.29) is 5.41 Å². The Labute approximate surface area is 347 Å². The highest BCUT2D eigenvalue weighted by atomic mass is 16.5. The number of hydrogen-bond donors (Lipinski definition) is 0. The van der Waals surface area contributed by atoms with Crippen LogP contribution in [0.2, 0.25) is 0 Å². The molecule has 2 aliphatic carbocycles. The first kappa shape index (κ1) is 33.4. The summed E-state index contributed by atoms with van der Waals surface area (Å²) >= 11 is 0. The van der Waals surface area contributed by atoms with Gasteiger partial charge in [-0.15, -0.1) is 0 Å². The van der Waals surface area contributed by atoms with E-state index in [0.29, 0.717) is 5.82 Å². The van der Waals surface area contributed by atoms with Crippen molar-refractivity contribution in [3.8, 4) is 67.7 Å². The predicted octanol–water partition coefficient (Wildman–Crippen LogP) is 14.2. The molecule has 282 valence electrons. The van der Waals surface area contributed by atoms with Crippen LogP contribution in [0.5, 0.6) is 11.5 Å². The smallest absolute Gasteiger partial charge is 0.160 e. The fourth-order valence-corrected chi connectivity index (χ4v) is 10.9. The van der Waals surface area contributed by atoms with Gasteiger partial charge in [0.25, 0.3) is 0 Å². The number of rotatable bonds is 3. The minimum atomic E-state index is -0.691. The molecular weight excluding hydrogens is 733 g/mol. The average Bonchev–Trinajstić information content (AvgIpc) is 3.91. The number of aromatic nitrogens is 2. The van der Waals surface area contributed by atoms with Crippen LogP contribution in [-0.4, -0.2) is 9.97 Å². The monoisotopic (exact) mass is 768 g/mol. The number of hydrogen-bond acceptors (Lipinski definition) is 4. The lowest BCUT2D eigenvalue weighted by Gasteiger charge is -2.40. The Morgan fingerprint density at radius 1 is 0.417 bits per heavy atom. The molecule has 0 N–H and O–H groups in total. The van der Waals surface area contributed by atoms with E-state index >= 15 is 0 Å². The summed E-state index contributed by atoms with van der Waals surface area (Å²) in [7, 11) is 0. The molecule has 0 saturated heterocycles. The summed E-state index contributed by atoms with van der Waals surface area (Å²) in [5, 5.41) is 2.15. The van der Waals surface area contributed by atoms with Gasteiger partial charge in [-0.3, -0.25) is 0 Å². The van der Waals surface area contributed by atoms with Crippen molar-refractivity contribution < 1.29 is 9.15 Å². The summed E-state index contributed by atoms with van der Waals surface area (Å²) in [6.07, 6.45) is 0. The first-order valence-electron chi connectivity index (χ1n) is 20.7. The van der Waals surface area contributed by atoms with Crippen molar-refractivity contribution in [3.63, 3.8) is 0 Å². The van der Waals surface area contributed by atoms with Crippen LogP contribution in [0.1, 0.15) is 47.2 Å². The van der Waals surface area contributed by atoms with Gasteiger partial charge in [0.15, 0.2) is 5.82 Å². The molecule has 60 heavy (non-hydrogen) atoms. The zero-order chi connectivity index (χ0) is 39.7. The Morgan fingerprint density at radius 2 is 0.950 bits per heavy atom. The van der Waals surface area contributed by atoms with Crippen LogP contribution >= 0.6 is 0 Å². The maximum Gasteiger partial charge on any atom is 0.160 e. The van der Waals surface area contributed by atoms with E-state index in [9.17, 15) is 0 Å². The summed E-state index contributed by atoms with van der Waals surface area (Å²) in [5.41, 5.74) is 17.5. The Balaban J connectivity index is 1.15. The minimum absolute atomic E-state index is 0.164. The van der Waals surface area contributed by atoms with Gasteiger partial charge >= 0.3 is 0 Å². The molecular formula is C56H36N2O2. The third kappa shape index (κ3) is 4.29. The van der Waals surface area contributed by atoms with Gasteiger partial charge in [0, 0.05) is 44.0 Å². The molecule has 3 heterocycles. The zero-order valence-corrected chi connectivity index (χ0v) is 33.0. The third-order valence-corrected chi connectivity index (χ3v) is 13.4. The quantitative estimate of drug-likeness (QED) is 0.180. The van der Waals surface area contributed by atoms with E-state index in [1.54, 1.807) is 0 Å². The molecule has 0 saturated carbocycles. The van der Waals surface area contributed by atoms with E-state index in [1.165, 1.54) is 38.9 Å². The topological polar surface area (TPSA) is 48.2 Å². The molecule has 0 fully saturated rings. The summed E-state index contributed by atoms with van der Waals surface area (Å²) in [4.78, 5) is 11.3. The second-order valence-electron chi connectivity index (χ2n) is 16.8. The highest BCUT2D eigenvalue weighted by molar-refractivity contribution is 6.09. The summed E-state index contributed by atoms with van der Waals surface area (Å²) < 4.78 is 13.4. The molecule has 4 nitrogen and oxygen atoms in total. The van der Waals surface area contributed by atoms with Crippen LogP contribution in [0.15, 0.2) is 186 Å². The van der Waals surface area contributed by atoms with Crippen LogP contribution in [0.4, 0.5) is 0 Å². The van der Waals surface area contributed by atoms with Crippen molar-refractivity contribution in [2.45, 2.75) is 24.7 Å². The van der Waals surface area contributed by atoms with E-state index in [1.807, 2.05) is 12.1 Å². The van der Waals surface area contributed by atoms with Gasteiger partial charge in [-0.2, -0.15) is 0 Å². The normalized spacial score (nSPS) is 14.6. The molecule has 2 aromatic heterocycles. The van der Waals surface area contributed by atoms with Crippen LogP contribution in [-0.2, 0) is 10.8 Å². The van der Waals surface area contributed by atoms with Crippen LogP contribution in [0.25, 0.3) is 78.1 Å². The van der Waals surface area contributed by atoms with Crippen molar-refractivity contribution in [3.05, 3.63) is 215 Å². The number of para-hydroxylation sites is 4. The van der Waals surface area contributed by atoms with E-state index in [2.05, 4.69) is 184 Å². The lowest BCUT2D eigenvalue weighted by atomic mass is 9.65. The molecule has 10 aromatic rings. The van der Waals surface area contributed by atoms with Gasteiger partial charge in [0.1, 0.15) is 22.7 Å². The highest BCUT2D eigenvalue weighted by Crippen LogP contribution is 2.64. The average molecular weight is 769 g/mol.